The smallest absolute Gasteiger partial charge is 0.137 e. The first-order chi connectivity index (χ1) is 9.06. The highest BCUT2D eigenvalue weighted by atomic mass is 79.9. The van der Waals surface area contributed by atoms with Gasteiger partial charge in [0.2, 0.25) is 0 Å². The highest BCUT2D eigenvalue weighted by molar-refractivity contribution is 9.10. The van der Waals surface area contributed by atoms with E-state index < -0.39 is 0 Å². The largest absolute Gasteiger partial charge is 0.327 e. The maximum atomic E-state index is 13.5. The zero-order chi connectivity index (χ0) is 13.8. The summed E-state index contributed by atoms with van der Waals surface area (Å²) in [6.07, 6.45) is 1.04. The van der Waals surface area contributed by atoms with E-state index in [1.807, 2.05) is 0 Å². The number of rotatable bonds is 4. The Morgan fingerprint density at radius 3 is 2.42 bits per heavy atom. The lowest BCUT2D eigenvalue weighted by Gasteiger charge is -2.12. The van der Waals surface area contributed by atoms with Crippen molar-refractivity contribution in [3.8, 4) is 0 Å². The second-order valence-electron chi connectivity index (χ2n) is 4.51. The van der Waals surface area contributed by atoms with Crippen molar-refractivity contribution in [2.24, 2.45) is 5.73 Å². The van der Waals surface area contributed by atoms with Crippen molar-refractivity contribution in [3.63, 3.8) is 0 Å². The molecule has 0 spiro atoms. The predicted molar refractivity (Wildman–Crippen MR) is 75.9 cm³/mol. The number of benzene rings is 2. The second kappa shape index (κ2) is 6.26. The maximum absolute atomic E-state index is 13.5. The van der Waals surface area contributed by atoms with E-state index in [9.17, 15) is 8.78 Å². The molecule has 0 amide bonds. The van der Waals surface area contributed by atoms with E-state index in [1.165, 1.54) is 12.1 Å². The maximum Gasteiger partial charge on any atom is 0.137 e. The molecule has 0 aliphatic heterocycles. The molecular formula is C15H14BrF2N. The summed E-state index contributed by atoms with van der Waals surface area (Å²) < 4.78 is 27.0. The third-order valence-electron chi connectivity index (χ3n) is 2.92. The third-order valence-corrected chi connectivity index (χ3v) is 3.53. The van der Waals surface area contributed by atoms with Crippen LogP contribution in [0.5, 0.6) is 0 Å². The van der Waals surface area contributed by atoms with Crippen LogP contribution in [-0.4, -0.2) is 6.04 Å². The van der Waals surface area contributed by atoms with Crippen molar-refractivity contribution in [2.45, 2.75) is 18.9 Å². The van der Waals surface area contributed by atoms with Gasteiger partial charge in [-0.25, -0.2) is 8.78 Å². The summed E-state index contributed by atoms with van der Waals surface area (Å²) in [5.41, 5.74) is 7.55. The Bertz CT molecular complexity index is 572. The fourth-order valence-corrected chi connectivity index (χ4v) is 2.41. The number of hydrogen-bond donors (Lipinski definition) is 1. The lowest BCUT2D eigenvalue weighted by molar-refractivity contribution is 0.583. The molecule has 1 unspecified atom stereocenters. The summed E-state index contributed by atoms with van der Waals surface area (Å²) in [5, 5.41) is 0. The van der Waals surface area contributed by atoms with Gasteiger partial charge in [0.1, 0.15) is 11.6 Å². The normalized spacial score (nSPS) is 12.4. The van der Waals surface area contributed by atoms with Gasteiger partial charge in [0.05, 0.1) is 4.47 Å². The van der Waals surface area contributed by atoms with Crippen molar-refractivity contribution in [2.75, 3.05) is 0 Å². The minimum atomic E-state index is -0.300. The van der Waals surface area contributed by atoms with Gasteiger partial charge in [0, 0.05) is 6.04 Å². The topological polar surface area (TPSA) is 26.0 Å². The average Bonchev–Trinajstić information content (AvgIpc) is 2.37. The Balaban J connectivity index is 2.03. The van der Waals surface area contributed by atoms with Crippen LogP contribution < -0.4 is 5.73 Å². The van der Waals surface area contributed by atoms with Gasteiger partial charge in [0.15, 0.2) is 0 Å². The first-order valence-corrected chi connectivity index (χ1v) is 6.78. The number of nitrogens with two attached hydrogens (primary N) is 1. The van der Waals surface area contributed by atoms with Gasteiger partial charge in [0.25, 0.3) is 0 Å². The molecule has 1 atom stereocenters. The molecule has 0 saturated heterocycles. The summed E-state index contributed by atoms with van der Waals surface area (Å²) in [5.74, 6) is -0.537. The molecule has 2 aromatic carbocycles. The summed E-state index contributed by atoms with van der Waals surface area (Å²) in [6.45, 7) is 0. The van der Waals surface area contributed by atoms with E-state index in [0.717, 1.165) is 5.56 Å². The van der Waals surface area contributed by atoms with E-state index in [0.29, 0.717) is 22.9 Å². The highest BCUT2D eigenvalue weighted by Gasteiger charge is 2.10. The minimum absolute atomic E-state index is 0.200. The first-order valence-electron chi connectivity index (χ1n) is 5.99. The second-order valence-corrected chi connectivity index (χ2v) is 5.36. The molecule has 2 aromatic rings. The molecule has 0 saturated carbocycles. The van der Waals surface area contributed by atoms with Gasteiger partial charge in [-0.1, -0.05) is 24.3 Å². The van der Waals surface area contributed by atoms with Gasteiger partial charge in [-0.3, -0.25) is 0 Å². The SMILES string of the molecule is NC(Cc1ccc(F)c(Br)c1)Cc1ccccc1F. The summed E-state index contributed by atoms with van der Waals surface area (Å²) in [4.78, 5) is 0. The fourth-order valence-electron chi connectivity index (χ4n) is 1.99. The molecule has 0 aliphatic carbocycles. The lowest BCUT2D eigenvalue weighted by atomic mass is 9.99. The van der Waals surface area contributed by atoms with Gasteiger partial charge < -0.3 is 5.73 Å². The average molecular weight is 326 g/mol. The van der Waals surface area contributed by atoms with Crippen LogP contribution in [0, 0.1) is 11.6 Å². The quantitative estimate of drug-likeness (QED) is 0.908. The molecule has 100 valence electrons. The fraction of sp³-hybridized carbons (Fsp3) is 0.200. The predicted octanol–water partition coefficient (Wildman–Crippen LogP) is 3.84. The molecule has 1 nitrogen and oxygen atoms in total. The van der Waals surface area contributed by atoms with Crippen molar-refractivity contribution in [1.29, 1.82) is 0 Å². The van der Waals surface area contributed by atoms with E-state index in [1.54, 1.807) is 30.3 Å². The van der Waals surface area contributed by atoms with Crippen LogP contribution in [0.4, 0.5) is 8.78 Å². The van der Waals surface area contributed by atoms with E-state index in [4.69, 9.17) is 5.73 Å². The summed E-state index contributed by atoms with van der Waals surface area (Å²) >= 11 is 3.14. The Morgan fingerprint density at radius 2 is 1.74 bits per heavy atom. The molecule has 0 heterocycles. The molecule has 4 heteroatoms. The zero-order valence-electron chi connectivity index (χ0n) is 10.2. The van der Waals surface area contributed by atoms with Crippen molar-refractivity contribution < 1.29 is 8.78 Å². The van der Waals surface area contributed by atoms with E-state index in [2.05, 4.69) is 15.9 Å². The van der Waals surface area contributed by atoms with Crippen LogP contribution >= 0.6 is 15.9 Å². The van der Waals surface area contributed by atoms with Crippen LogP contribution in [0.2, 0.25) is 0 Å². The Labute approximate surface area is 119 Å². The molecule has 19 heavy (non-hydrogen) atoms. The molecule has 0 fully saturated rings. The molecule has 0 radical (unpaired) electrons. The monoisotopic (exact) mass is 325 g/mol. The van der Waals surface area contributed by atoms with Gasteiger partial charge in [-0.15, -0.1) is 0 Å². The van der Waals surface area contributed by atoms with Gasteiger partial charge >= 0.3 is 0 Å². The summed E-state index contributed by atoms with van der Waals surface area (Å²) in [7, 11) is 0. The zero-order valence-corrected chi connectivity index (χ0v) is 11.8. The van der Waals surface area contributed by atoms with Crippen LogP contribution in [0.25, 0.3) is 0 Å². The Morgan fingerprint density at radius 1 is 1.00 bits per heavy atom. The standard InChI is InChI=1S/C15H14BrF2N/c16-13-8-10(5-6-15(13)18)7-12(19)9-11-3-1-2-4-14(11)17/h1-6,8,12H,7,9,19H2. The number of halogens is 3. The third kappa shape index (κ3) is 3.85. The van der Waals surface area contributed by atoms with Crippen molar-refractivity contribution in [3.05, 3.63) is 69.7 Å². The Hall–Kier alpha value is -1.26. The van der Waals surface area contributed by atoms with Crippen molar-refractivity contribution in [1.82, 2.24) is 0 Å². The first kappa shape index (κ1) is 14.2. The molecule has 2 N–H and O–H groups in total. The summed E-state index contributed by atoms with van der Waals surface area (Å²) in [6, 6.07) is 11.2. The molecule has 2 rings (SSSR count). The van der Waals surface area contributed by atoms with E-state index in [-0.39, 0.29) is 17.7 Å². The van der Waals surface area contributed by atoms with Crippen LogP contribution in [-0.2, 0) is 12.8 Å². The Kier molecular flexibility index (Phi) is 4.66. The van der Waals surface area contributed by atoms with Gasteiger partial charge in [-0.05, 0) is 58.1 Å². The van der Waals surface area contributed by atoms with Crippen molar-refractivity contribution >= 4 is 15.9 Å². The van der Waals surface area contributed by atoms with E-state index >= 15 is 0 Å². The molecule has 0 aliphatic rings. The molecular weight excluding hydrogens is 312 g/mol. The lowest BCUT2D eigenvalue weighted by Crippen LogP contribution is -2.26. The van der Waals surface area contributed by atoms with Crippen LogP contribution in [0.15, 0.2) is 46.9 Å². The minimum Gasteiger partial charge on any atom is -0.327 e. The molecule has 0 bridgehead atoms. The van der Waals surface area contributed by atoms with Crippen LogP contribution in [0.3, 0.4) is 0 Å². The van der Waals surface area contributed by atoms with Gasteiger partial charge in [-0.2, -0.15) is 0 Å². The highest BCUT2D eigenvalue weighted by Crippen LogP contribution is 2.18. The van der Waals surface area contributed by atoms with Crippen LogP contribution in [0.1, 0.15) is 11.1 Å². The molecule has 0 aromatic heterocycles. The number of hydrogen-bond acceptors (Lipinski definition) is 1.